The van der Waals surface area contributed by atoms with Crippen molar-refractivity contribution >= 4 is 12.9 Å². The van der Waals surface area contributed by atoms with E-state index in [1.807, 2.05) is 0 Å². The minimum atomic E-state index is -0.250. The van der Waals surface area contributed by atoms with Crippen molar-refractivity contribution in [3.05, 3.63) is 0 Å². The first-order valence-corrected chi connectivity index (χ1v) is 0.988. The summed E-state index contributed by atoms with van der Waals surface area (Å²) in [5.74, 6) is 0. The van der Waals surface area contributed by atoms with Crippen LogP contribution in [0.2, 0.25) is 0 Å². The molecular formula is C2H8NiO6. The Balaban J connectivity index is -0.00000000889. The quantitative estimate of drug-likeness (QED) is 0.326. The van der Waals surface area contributed by atoms with E-state index in [4.69, 9.17) is 19.8 Å². The third-order valence-electron chi connectivity index (χ3n) is 0. The second-order valence-corrected chi connectivity index (χ2v) is 0.211. The average Bonchev–Trinajstić information content (AvgIpc) is 1.39. The molecule has 6 N–H and O–H groups in total. The Morgan fingerprint density at radius 1 is 0.889 bits per heavy atom. The molecule has 0 spiro atoms. The maximum atomic E-state index is 8.36. The molecule has 0 aliphatic heterocycles. The third-order valence-corrected chi connectivity index (χ3v) is 0. The SMILES string of the molecule is O.O.O=CO.O=CO.[Ni]. The molecule has 62 valence electrons. The van der Waals surface area contributed by atoms with Gasteiger partial charge in [-0.3, -0.25) is 9.59 Å². The molecule has 0 aromatic carbocycles. The predicted octanol–water partition coefficient (Wildman–Crippen LogP) is -2.25. The van der Waals surface area contributed by atoms with Gasteiger partial charge in [0.2, 0.25) is 0 Å². The molecule has 9 heavy (non-hydrogen) atoms. The molecule has 0 saturated carbocycles. The molecule has 0 saturated heterocycles. The van der Waals surface area contributed by atoms with E-state index in [1.165, 1.54) is 0 Å². The van der Waals surface area contributed by atoms with E-state index < -0.39 is 0 Å². The van der Waals surface area contributed by atoms with Crippen molar-refractivity contribution < 1.29 is 47.2 Å². The van der Waals surface area contributed by atoms with Crippen molar-refractivity contribution in [3.63, 3.8) is 0 Å². The van der Waals surface area contributed by atoms with Crippen LogP contribution in [0.5, 0.6) is 0 Å². The second kappa shape index (κ2) is 162. The summed E-state index contributed by atoms with van der Waals surface area (Å²) in [5, 5.41) is 13.8. The van der Waals surface area contributed by atoms with Crippen molar-refractivity contribution in [2.24, 2.45) is 0 Å². The van der Waals surface area contributed by atoms with E-state index in [0.29, 0.717) is 0 Å². The summed E-state index contributed by atoms with van der Waals surface area (Å²) >= 11 is 0. The fraction of sp³-hybridized carbons (Fsp3) is 0. The largest absolute Gasteiger partial charge is 0.483 e. The van der Waals surface area contributed by atoms with Crippen molar-refractivity contribution in [1.82, 2.24) is 0 Å². The van der Waals surface area contributed by atoms with Crippen LogP contribution in [0.15, 0.2) is 0 Å². The number of hydrogen-bond acceptors (Lipinski definition) is 2. The summed E-state index contributed by atoms with van der Waals surface area (Å²) in [4.78, 5) is 16.7. The van der Waals surface area contributed by atoms with E-state index in [9.17, 15) is 0 Å². The Kier molecular flexibility index (Phi) is 723. The Hall–Kier alpha value is -0.646. The van der Waals surface area contributed by atoms with E-state index in [0.717, 1.165) is 0 Å². The molecule has 0 fully saturated rings. The van der Waals surface area contributed by atoms with Gasteiger partial charge in [0.05, 0.1) is 0 Å². The van der Waals surface area contributed by atoms with Crippen LogP contribution in [0, 0.1) is 0 Å². The third kappa shape index (κ3) is 504. The Morgan fingerprint density at radius 2 is 0.889 bits per heavy atom. The first-order chi connectivity index (χ1) is 2.83. The van der Waals surface area contributed by atoms with E-state index in [2.05, 4.69) is 0 Å². The number of hydrogen-bond donors (Lipinski definition) is 2. The van der Waals surface area contributed by atoms with Crippen LogP contribution in [0.1, 0.15) is 0 Å². The molecule has 0 aromatic rings. The molecule has 6 nitrogen and oxygen atoms in total. The monoisotopic (exact) mass is 186 g/mol. The number of rotatable bonds is 0. The molecule has 0 atom stereocenters. The van der Waals surface area contributed by atoms with Gasteiger partial charge in [-0.05, 0) is 0 Å². The van der Waals surface area contributed by atoms with Gasteiger partial charge >= 0.3 is 0 Å². The van der Waals surface area contributed by atoms with Crippen molar-refractivity contribution in [2.45, 2.75) is 0 Å². The van der Waals surface area contributed by atoms with Crippen LogP contribution >= 0.6 is 0 Å². The van der Waals surface area contributed by atoms with E-state index in [1.54, 1.807) is 0 Å². The maximum Gasteiger partial charge on any atom is 0.290 e. The van der Waals surface area contributed by atoms with Crippen molar-refractivity contribution in [3.8, 4) is 0 Å². The fourth-order valence-corrected chi connectivity index (χ4v) is 0. The van der Waals surface area contributed by atoms with E-state index >= 15 is 0 Å². The zero-order valence-electron chi connectivity index (χ0n) is 4.18. The summed E-state index contributed by atoms with van der Waals surface area (Å²) in [6.45, 7) is -0.500. The molecule has 0 aliphatic rings. The molecule has 0 radical (unpaired) electrons. The molecule has 7 heteroatoms. The van der Waals surface area contributed by atoms with Crippen LogP contribution in [-0.2, 0) is 26.1 Å². The summed E-state index contributed by atoms with van der Waals surface area (Å²) in [6, 6.07) is 0. The molecule has 0 rings (SSSR count). The van der Waals surface area contributed by atoms with Gasteiger partial charge in [0, 0.05) is 16.5 Å². The molecule has 0 aliphatic carbocycles. The molecule has 0 aromatic heterocycles. The number of carbonyl (C=O) groups is 2. The zero-order chi connectivity index (χ0) is 5.41. The van der Waals surface area contributed by atoms with E-state index in [-0.39, 0.29) is 40.4 Å². The molecule has 0 bridgehead atoms. The second-order valence-electron chi connectivity index (χ2n) is 0.211. The summed E-state index contributed by atoms with van der Waals surface area (Å²) < 4.78 is 0. The van der Waals surface area contributed by atoms with Crippen LogP contribution in [0.4, 0.5) is 0 Å². The smallest absolute Gasteiger partial charge is 0.290 e. The standard InChI is InChI=1S/2CH2O2.Ni.2H2O/c2*2-1-3;;;/h2*1H,(H,2,3);;2*1H2. The summed E-state index contributed by atoms with van der Waals surface area (Å²) in [7, 11) is 0. The van der Waals surface area contributed by atoms with Crippen molar-refractivity contribution in [1.29, 1.82) is 0 Å². The first kappa shape index (κ1) is 40.2. The summed E-state index contributed by atoms with van der Waals surface area (Å²) in [5.41, 5.74) is 0. The van der Waals surface area contributed by atoms with Gasteiger partial charge < -0.3 is 21.2 Å². The fourth-order valence-electron chi connectivity index (χ4n) is 0. The molecule has 0 amide bonds. The Labute approximate surface area is 61.0 Å². The van der Waals surface area contributed by atoms with Crippen LogP contribution < -0.4 is 0 Å². The van der Waals surface area contributed by atoms with Crippen LogP contribution in [0.25, 0.3) is 0 Å². The van der Waals surface area contributed by atoms with Gasteiger partial charge in [0.25, 0.3) is 12.9 Å². The minimum Gasteiger partial charge on any atom is -0.483 e. The van der Waals surface area contributed by atoms with Gasteiger partial charge in [0.1, 0.15) is 0 Å². The van der Waals surface area contributed by atoms with Gasteiger partial charge in [-0.2, -0.15) is 0 Å². The van der Waals surface area contributed by atoms with Gasteiger partial charge in [-0.15, -0.1) is 0 Å². The van der Waals surface area contributed by atoms with Crippen molar-refractivity contribution in [2.75, 3.05) is 0 Å². The maximum absolute atomic E-state index is 8.36. The Morgan fingerprint density at radius 3 is 0.889 bits per heavy atom. The summed E-state index contributed by atoms with van der Waals surface area (Å²) in [6.07, 6.45) is 0. The Bertz CT molecular complexity index is 32.0. The number of carboxylic acid groups (broad SMARTS) is 2. The average molecular weight is 187 g/mol. The normalized spacial score (nSPS) is 2.67. The zero-order valence-corrected chi connectivity index (χ0v) is 5.17. The van der Waals surface area contributed by atoms with Gasteiger partial charge in [-0.1, -0.05) is 0 Å². The van der Waals surface area contributed by atoms with Gasteiger partial charge in [0.15, 0.2) is 0 Å². The van der Waals surface area contributed by atoms with Crippen LogP contribution in [-0.4, -0.2) is 34.1 Å². The minimum absolute atomic E-state index is 0. The van der Waals surface area contributed by atoms with Gasteiger partial charge in [-0.25, -0.2) is 0 Å². The first-order valence-electron chi connectivity index (χ1n) is 0.988. The predicted molar refractivity (Wildman–Crippen MR) is 24.6 cm³/mol. The molecule has 0 unspecified atom stereocenters. The molecule has 0 heterocycles. The topological polar surface area (TPSA) is 138 Å². The molecular weight excluding hydrogens is 179 g/mol. The van der Waals surface area contributed by atoms with Crippen LogP contribution in [0.3, 0.4) is 0 Å².